The summed E-state index contributed by atoms with van der Waals surface area (Å²) in [5.41, 5.74) is 4.60. The van der Waals surface area contributed by atoms with Gasteiger partial charge in [-0.3, -0.25) is 0 Å². The summed E-state index contributed by atoms with van der Waals surface area (Å²) in [6, 6.07) is 7.52. The Kier molecular flexibility index (Phi) is 3.71. The van der Waals surface area contributed by atoms with E-state index in [1.54, 1.807) is 11.1 Å². The smallest absolute Gasteiger partial charge is 0.0409 e. The van der Waals surface area contributed by atoms with Crippen LogP contribution in [0.15, 0.2) is 18.2 Å². The first-order chi connectivity index (χ1) is 7.35. The fourth-order valence-corrected chi connectivity index (χ4v) is 3.01. The Bertz CT molecular complexity index is 335. The number of thioether (sulfide) groups is 1. The maximum absolute atomic E-state index is 3.39. The first-order valence-electron chi connectivity index (χ1n) is 5.63. The van der Waals surface area contributed by atoms with Crippen LogP contribution in [0.5, 0.6) is 0 Å². The zero-order valence-corrected chi connectivity index (χ0v) is 10.4. The normalized spacial score (nSPS) is 16.4. The van der Waals surface area contributed by atoms with Crippen LogP contribution in [0.25, 0.3) is 0 Å². The summed E-state index contributed by atoms with van der Waals surface area (Å²) in [5, 5.41) is 3.39. The van der Waals surface area contributed by atoms with Crippen LogP contribution >= 0.6 is 11.8 Å². The summed E-state index contributed by atoms with van der Waals surface area (Å²) in [6.45, 7) is 0. The van der Waals surface area contributed by atoms with Crippen molar-refractivity contribution in [2.24, 2.45) is 0 Å². The topological polar surface area (TPSA) is 12.0 Å². The van der Waals surface area contributed by atoms with Gasteiger partial charge in [0.05, 0.1) is 0 Å². The van der Waals surface area contributed by atoms with E-state index < -0.39 is 0 Å². The molecule has 1 nitrogen and oxygen atoms in total. The van der Waals surface area contributed by atoms with Gasteiger partial charge >= 0.3 is 0 Å². The molecule has 1 aliphatic rings. The lowest BCUT2D eigenvalue weighted by molar-refractivity contribution is 0.661. The second-order valence-electron chi connectivity index (χ2n) is 4.18. The van der Waals surface area contributed by atoms with Gasteiger partial charge in [-0.1, -0.05) is 18.2 Å². The zero-order chi connectivity index (χ0) is 10.7. The van der Waals surface area contributed by atoms with Gasteiger partial charge in [-0.25, -0.2) is 0 Å². The van der Waals surface area contributed by atoms with Crippen LogP contribution in [-0.2, 0) is 12.8 Å². The Morgan fingerprint density at radius 1 is 1.33 bits per heavy atom. The number of nitrogens with one attached hydrogen (secondary N) is 1. The predicted octanol–water partition coefficient (Wildman–Crippen LogP) is 2.80. The first-order valence-corrected chi connectivity index (χ1v) is 7.02. The largest absolute Gasteiger partial charge is 0.312 e. The Balaban J connectivity index is 2.20. The molecular formula is C13H19NS. The molecule has 82 valence electrons. The van der Waals surface area contributed by atoms with E-state index in [1.165, 1.54) is 24.8 Å². The SMILES string of the molecule is CNC(CSC)c1ccc2c(c1)CCC2. The van der Waals surface area contributed by atoms with Gasteiger partial charge < -0.3 is 5.32 Å². The number of fused-ring (bicyclic) bond motifs is 1. The minimum atomic E-state index is 0.505. The lowest BCUT2D eigenvalue weighted by Gasteiger charge is -2.16. The van der Waals surface area contributed by atoms with Gasteiger partial charge in [-0.15, -0.1) is 0 Å². The molecular weight excluding hydrogens is 202 g/mol. The van der Waals surface area contributed by atoms with Gasteiger partial charge in [-0.2, -0.15) is 11.8 Å². The molecule has 0 saturated heterocycles. The highest BCUT2D eigenvalue weighted by molar-refractivity contribution is 7.98. The predicted molar refractivity (Wildman–Crippen MR) is 68.6 cm³/mol. The zero-order valence-electron chi connectivity index (χ0n) is 9.55. The van der Waals surface area contributed by atoms with Crippen LogP contribution in [-0.4, -0.2) is 19.1 Å². The number of benzene rings is 1. The van der Waals surface area contributed by atoms with Crippen molar-refractivity contribution in [3.63, 3.8) is 0 Å². The fraction of sp³-hybridized carbons (Fsp3) is 0.538. The highest BCUT2D eigenvalue weighted by Crippen LogP contribution is 2.26. The van der Waals surface area contributed by atoms with Crippen LogP contribution in [0.3, 0.4) is 0 Å². The van der Waals surface area contributed by atoms with Crippen molar-refractivity contribution in [2.45, 2.75) is 25.3 Å². The minimum absolute atomic E-state index is 0.505. The average Bonchev–Trinajstić information content (AvgIpc) is 2.72. The molecule has 1 N–H and O–H groups in total. The Morgan fingerprint density at radius 3 is 2.87 bits per heavy atom. The molecule has 0 bridgehead atoms. The lowest BCUT2D eigenvalue weighted by Crippen LogP contribution is -2.18. The molecule has 1 aliphatic carbocycles. The number of aryl methyl sites for hydroxylation is 2. The van der Waals surface area contributed by atoms with Crippen molar-refractivity contribution in [1.29, 1.82) is 0 Å². The summed E-state index contributed by atoms with van der Waals surface area (Å²) in [7, 11) is 2.05. The van der Waals surface area contributed by atoms with Gasteiger partial charge in [0, 0.05) is 11.8 Å². The maximum Gasteiger partial charge on any atom is 0.0409 e. The van der Waals surface area contributed by atoms with Crippen molar-refractivity contribution < 1.29 is 0 Å². The number of hydrogen-bond acceptors (Lipinski definition) is 2. The molecule has 2 rings (SSSR count). The summed E-state index contributed by atoms with van der Waals surface area (Å²) < 4.78 is 0. The van der Waals surface area contributed by atoms with E-state index in [-0.39, 0.29) is 0 Å². The maximum atomic E-state index is 3.39. The standard InChI is InChI=1S/C13H19NS/c1-14-13(9-15-2)12-7-6-10-4-3-5-11(10)8-12/h6-8,13-14H,3-5,9H2,1-2H3. The summed E-state index contributed by atoms with van der Waals surface area (Å²) >= 11 is 1.90. The highest BCUT2D eigenvalue weighted by atomic mass is 32.2. The molecule has 0 spiro atoms. The molecule has 0 aromatic heterocycles. The first kappa shape index (κ1) is 11.0. The minimum Gasteiger partial charge on any atom is -0.312 e. The van der Waals surface area contributed by atoms with Crippen molar-refractivity contribution >= 4 is 11.8 Å². The summed E-state index contributed by atoms with van der Waals surface area (Å²) in [4.78, 5) is 0. The molecule has 1 aromatic carbocycles. The molecule has 1 unspecified atom stereocenters. The Hall–Kier alpha value is -0.470. The van der Waals surface area contributed by atoms with E-state index in [4.69, 9.17) is 0 Å². The third-order valence-electron chi connectivity index (χ3n) is 3.21. The van der Waals surface area contributed by atoms with Crippen molar-refractivity contribution in [3.8, 4) is 0 Å². The third-order valence-corrected chi connectivity index (χ3v) is 3.87. The summed E-state index contributed by atoms with van der Waals surface area (Å²) in [5.74, 6) is 1.15. The van der Waals surface area contributed by atoms with E-state index in [2.05, 4.69) is 29.8 Å². The van der Waals surface area contributed by atoms with Gasteiger partial charge in [-0.05, 0) is 49.3 Å². The monoisotopic (exact) mass is 221 g/mol. The second kappa shape index (κ2) is 5.04. The molecule has 1 atom stereocenters. The Morgan fingerprint density at radius 2 is 2.13 bits per heavy atom. The Labute approximate surface area is 96.7 Å². The quantitative estimate of drug-likeness (QED) is 0.839. The molecule has 0 radical (unpaired) electrons. The fourth-order valence-electron chi connectivity index (χ4n) is 2.32. The van der Waals surface area contributed by atoms with Gasteiger partial charge in [0.15, 0.2) is 0 Å². The van der Waals surface area contributed by atoms with Crippen molar-refractivity contribution in [2.75, 3.05) is 19.1 Å². The average molecular weight is 221 g/mol. The van der Waals surface area contributed by atoms with Gasteiger partial charge in [0.2, 0.25) is 0 Å². The molecule has 15 heavy (non-hydrogen) atoms. The molecule has 0 amide bonds. The van der Waals surface area contributed by atoms with Crippen LogP contribution in [0.4, 0.5) is 0 Å². The van der Waals surface area contributed by atoms with E-state index in [0.29, 0.717) is 6.04 Å². The summed E-state index contributed by atoms with van der Waals surface area (Å²) in [6.07, 6.45) is 6.06. The molecule has 1 aromatic rings. The van der Waals surface area contributed by atoms with Crippen molar-refractivity contribution in [1.82, 2.24) is 5.32 Å². The van der Waals surface area contributed by atoms with E-state index in [0.717, 1.165) is 5.75 Å². The lowest BCUT2D eigenvalue weighted by atomic mass is 10.0. The van der Waals surface area contributed by atoms with Crippen LogP contribution in [0, 0.1) is 0 Å². The van der Waals surface area contributed by atoms with E-state index in [1.807, 2.05) is 18.8 Å². The molecule has 0 heterocycles. The van der Waals surface area contributed by atoms with Crippen LogP contribution in [0.2, 0.25) is 0 Å². The third kappa shape index (κ3) is 2.37. The van der Waals surface area contributed by atoms with Crippen LogP contribution < -0.4 is 5.32 Å². The number of hydrogen-bond donors (Lipinski definition) is 1. The van der Waals surface area contributed by atoms with Crippen molar-refractivity contribution in [3.05, 3.63) is 34.9 Å². The second-order valence-corrected chi connectivity index (χ2v) is 5.09. The molecule has 2 heteroatoms. The highest BCUT2D eigenvalue weighted by Gasteiger charge is 2.14. The van der Waals surface area contributed by atoms with Crippen LogP contribution in [0.1, 0.15) is 29.2 Å². The van der Waals surface area contributed by atoms with Gasteiger partial charge in [0.1, 0.15) is 0 Å². The molecule has 0 aliphatic heterocycles. The van der Waals surface area contributed by atoms with E-state index >= 15 is 0 Å². The molecule has 0 fully saturated rings. The molecule has 0 saturated carbocycles. The van der Waals surface area contributed by atoms with Gasteiger partial charge in [0.25, 0.3) is 0 Å². The van der Waals surface area contributed by atoms with E-state index in [9.17, 15) is 0 Å². The number of rotatable bonds is 4.